The number of carbonyl (C=O) groups is 1. The fourth-order valence-electron chi connectivity index (χ4n) is 3.32. The zero-order chi connectivity index (χ0) is 25.1. The van der Waals surface area contributed by atoms with E-state index in [2.05, 4.69) is 14.4 Å². The number of hydrogen-bond donors (Lipinski definition) is 1. The van der Waals surface area contributed by atoms with Gasteiger partial charge in [0.25, 0.3) is 0 Å². The number of hydrogen-bond acceptors (Lipinski definition) is 6. The third-order valence-electron chi connectivity index (χ3n) is 5.00. The van der Waals surface area contributed by atoms with Crippen LogP contribution < -0.4 is 9.46 Å². The Morgan fingerprint density at radius 2 is 1.82 bits per heavy atom. The second-order valence-corrected chi connectivity index (χ2v) is 10.8. The Balaban J connectivity index is 1.67. The molecule has 0 saturated carbocycles. The molecule has 0 atom stereocenters. The second-order valence-electron chi connectivity index (χ2n) is 7.81. The lowest BCUT2D eigenvalue weighted by Gasteiger charge is -2.11. The molecule has 1 N–H and O–H groups in total. The number of sulfonamides is 1. The van der Waals surface area contributed by atoms with Gasteiger partial charge in [-0.25, -0.2) is 18.1 Å². The standard InChI is InChI=1S/C23H23F3N2O4S2/c1-14(2)20-9-8-19(12-17(20)13-29)34(30,31)27-11-10-21-15(3)33-22(28-21)16-4-6-18(7-5-16)32-23(24,25)26/h4-9,12-14,27H,10-11H2,1-3H3. The van der Waals surface area contributed by atoms with Crippen LogP contribution in [-0.4, -0.2) is 32.6 Å². The van der Waals surface area contributed by atoms with Gasteiger partial charge in [-0.1, -0.05) is 19.9 Å². The molecule has 0 aliphatic carbocycles. The molecule has 0 unspecified atom stereocenters. The fraction of sp³-hybridized carbons (Fsp3) is 0.304. The Labute approximate surface area is 199 Å². The van der Waals surface area contributed by atoms with Crippen LogP contribution in [0, 0.1) is 6.92 Å². The van der Waals surface area contributed by atoms with Crippen LogP contribution in [0.5, 0.6) is 5.75 Å². The van der Waals surface area contributed by atoms with E-state index in [-0.39, 0.29) is 23.1 Å². The number of ether oxygens (including phenoxy) is 1. The van der Waals surface area contributed by atoms with Crippen molar-refractivity contribution in [1.29, 1.82) is 0 Å². The minimum Gasteiger partial charge on any atom is -0.406 e. The topological polar surface area (TPSA) is 85.4 Å². The van der Waals surface area contributed by atoms with Crippen molar-refractivity contribution in [3.05, 3.63) is 64.2 Å². The first kappa shape index (κ1) is 25.9. The van der Waals surface area contributed by atoms with Gasteiger partial charge in [0.2, 0.25) is 10.0 Å². The van der Waals surface area contributed by atoms with Crippen LogP contribution in [-0.2, 0) is 16.4 Å². The molecule has 0 fully saturated rings. The van der Waals surface area contributed by atoms with E-state index in [9.17, 15) is 26.4 Å². The van der Waals surface area contributed by atoms with E-state index in [0.717, 1.165) is 10.4 Å². The quantitative estimate of drug-likeness (QED) is 0.384. The molecule has 0 saturated heterocycles. The Bertz CT molecular complexity index is 1270. The largest absolute Gasteiger partial charge is 0.573 e. The highest BCUT2D eigenvalue weighted by Gasteiger charge is 2.31. The van der Waals surface area contributed by atoms with E-state index in [1.165, 1.54) is 47.7 Å². The average Bonchev–Trinajstić information content (AvgIpc) is 3.13. The van der Waals surface area contributed by atoms with Crippen molar-refractivity contribution < 1.29 is 31.1 Å². The van der Waals surface area contributed by atoms with E-state index >= 15 is 0 Å². The molecule has 0 radical (unpaired) electrons. The zero-order valence-corrected chi connectivity index (χ0v) is 20.3. The van der Waals surface area contributed by atoms with Crippen molar-refractivity contribution in [2.75, 3.05) is 6.54 Å². The zero-order valence-electron chi connectivity index (χ0n) is 18.6. The lowest BCUT2D eigenvalue weighted by molar-refractivity contribution is -0.274. The van der Waals surface area contributed by atoms with Crippen molar-refractivity contribution in [1.82, 2.24) is 9.71 Å². The highest BCUT2D eigenvalue weighted by Crippen LogP contribution is 2.30. The second kappa shape index (κ2) is 10.2. The lowest BCUT2D eigenvalue weighted by Crippen LogP contribution is -2.26. The van der Waals surface area contributed by atoms with Gasteiger partial charge in [-0.3, -0.25) is 4.79 Å². The summed E-state index contributed by atoms with van der Waals surface area (Å²) in [7, 11) is -3.82. The van der Waals surface area contributed by atoms with Crippen molar-refractivity contribution in [3.63, 3.8) is 0 Å². The summed E-state index contributed by atoms with van der Waals surface area (Å²) in [5, 5.41) is 0.605. The maximum absolute atomic E-state index is 12.7. The van der Waals surface area contributed by atoms with Gasteiger partial charge >= 0.3 is 6.36 Å². The van der Waals surface area contributed by atoms with Gasteiger partial charge in [0, 0.05) is 29.0 Å². The molecule has 2 aromatic carbocycles. The van der Waals surface area contributed by atoms with Crippen molar-refractivity contribution in [2.24, 2.45) is 0 Å². The summed E-state index contributed by atoms with van der Waals surface area (Å²) in [4.78, 5) is 16.8. The molecule has 0 spiro atoms. The Kier molecular flexibility index (Phi) is 7.79. The molecule has 182 valence electrons. The van der Waals surface area contributed by atoms with Crippen molar-refractivity contribution in [2.45, 2.75) is 44.4 Å². The summed E-state index contributed by atoms with van der Waals surface area (Å²) in [5.41, 5.74) is 2.42. The summed E-state index contributed by atoms with van der Waals surface area (Å²) in [6, 6.07) is 9.88. The Morgan fingerprint density at radius 3 is 2.41 bits per heavy atom. The van der Waals surface area contributed by atoms with Crippen LogP contribution >= 0.6 is 11.3 Å². The average molecular weight is 513 g/mol. The van der Waals surface area contributed by atoms with Gasteiger partial charge in [0.05, 0.1) is 10.6 Å². The predicted octanol–water partition coefficient (Wildman–Crippen LogP) is 5.47. The van der Waals surface area contributed by atoms with Crippen LogP contribution in [0.15, 0.2) is 47.4 Å². The Hall–Kier alpha value is -2.76. The first-order valence-electron chi connectivity index (χ1n) is 10.3. The van der Waals surface area contributed by atoms with Gasteiger partial charge < -0.3 is 4.74 Å². The number of benzene rings is 2. The molecular weight excluding hydrogens is 489 g/mol. The fourth-order valence-corrected chi connectivity index (χ4v) is 5.35. The van der Waals surface area contributed by atoms with Crippen molar-refractivity contribution in [3.8, 4) is 16.3 Å². The monoisotopic (exact) mass is 512 g/mol. The van der Waals surface area contributed by atoms with Crippen LogP contribution in [0.1, 0.15) is 46.3 Å². The molecule has 0 bridgehead atoms. The van der Waals surface area contributed by atoms with E-state index < -0.39 is 16.4 Å². The van der Waals surface area contributed by atoms with Crippen LogP contribution in [0.3, 0.4) is 0 Å². The molecule has 0 aliphatic heterocycles. The smallest absolute Gasteiger partial charge is 0.406 e. The molecule has 0 aliphatic rings. The van der Waals surface area contributed by atoms with Crippen LogP contribution in [0.25, 0.3) is 10.6 Å². The maximum Gasteiger partial charge on any atom is 0.573 e. The third kappa shape index (κ3) is 6.43. The van der Waals surface area contributed by atoms with E-state index in [0.29, 0.717) is 34.5 Å². The van der Waals surface area contributed by atoms with E-state index in [4.69, 9.17) is 0 Å². The number of aromatic nitrogens is 1. The summed E-state index contributed by atoms with van der Waals surface area (Å²) in [6.07, 6.45) is -3.79. The molecule has 34 heavy (non-hydrogen) atoms. The SMILES string of the molecule is Cc1sc(-c2ccc(OC(F)(F)F)cc2)nc1CCNS(=O)(=O)c1ccc(C(C)C)c(C=O)c1. The van der Waals surface area contributed by atoms with Gasteiger partial charge in [-0.15, -0.1) is 24.5 Å². The lowest BCUT2D eigenvalue weighted by atomic mass is 9.98. The molecule has 6 nitrogen and oxygen atoms in total. The number of aldehydes is 1. The molecule has 11 heteroatoms. The molecule has 3 aromatic rings. The first-order chi connectivity index (χ1) is 15.9. The van der Waals surface area contributed by atoms with Crippen LogP contribution in [0.2, 0.25) is 0 Å². The number of thiazole rings is 1. The van der Waals surface area contributed by atoms with Gasteiger partial charge in [-0.2, -0.15) is 0 Å². The predicted molar refractivity (Wildman–Crippen MR) is 124 cm³/mol. The number of alkyl halides is 3. The van der Waals surface area contributed by atoms with E-state index in [1.54, 1.807) is 6.07 Å². The molecule has 3 rings (SSSR count). The Morgan fingerprint density at radius 1 is 1.15 bits per heavy atom. The highest BCUT2D eigenvalue weighted by molar-refractivity contribution is 7.89. The number of rotatable bonds is 9. The number of nitrogens with one attached hydrogen (secondary N) is 1. The highest BCUT2D eigenvalue weighted by atomic mass is 32.2. The van der Waals surface area contributed by atoms with Gasteiger partial charge in [0.15, 0.2) is 0 Å². The summed E-state index contributed by atoms with van der Waals surface area (Å²) in [6.45, 7) is 5.77. The summed E-state index contributed by atoms with van der Waals surface area (Å²) < 4.78 is 68.7. The molecule has 1 aromatic heterocycles. The number of halogens is 3. The van der Waals surface area contributed by atoms with Gasteiger partial charge in [-0.05, 0) is 54.8 Å². The van der Waals surface area contributed by atoms with Crippen LogP contribution in [0.4, 0.5) is 13.2 Å². The number of aryl methyl sites for hydroxylation is 1. The van der Waals surface area contributed by atoms with E-state index in [1.807, 2.05) is 20.8 Å². The minimum absolute atomic E-state index is 0.0101. The minimum atomic E-state index is -4.76. The normalized spacial score (nSPS) is 12.2. The van der Waals surface area contributed by atoms with Gasteiger partial charge in [0.1, 0.15) is 17.0 Å². The maximum atomic E-state index is 12.7. The first-order valence-corrected chi connectivity index (χ1v) is 12.6. The molecule has 0 amide bonds. The number of nitrogens with zero attached hydrogens (tertiary/aromatic N) is 1. The summed E-state index contributed by atoms with van der Waals surface area (Å²) in [5.74, 6) is -0.238. The molecular formula is C23H23F3N2O4S2. The van der Waals surface area contributed by atoms with Crippen molar-refractivity contribution >= 4 is 27.6 Å². The molecule has 1 heterocycles. The third-order valence-corrected chi connectivity index (χ3v) is 7.52. The number of carbonyl (C=O) groups excluding carboxylic acids is 1. The summed E-state index contributed by atoms with van der Waals surface area (Å²) >= 11 is 1.36.